The number of carbonyl (C=O) groups excluding carboxylic acids is 2. The zero-order chi connectivity index (χ0) is 24.4. The van der Waals surface area contributed by atoms with Crippen LogP contribution in [0, 0.1) is 6.92 Å². The molecule has 0 atom stereocenters. The Bertz CT molecular complexity index is 1190. The summed E-state index contributed by atoms with van der Waals surface area (Å²) in [6, 6.07) is 8.12. The number of benzene rings is 1. The lowest BCUT2D eigenvalue weighted by Crippen LogP contribution is -2.54. The topological polar surface area (TPSA) is 90.7 Å². The van der Waals surface area contributed by atoms with E-state index in [0.717, 1.165) is 48.6 Å². The fraction of sp³-hybridized carbons (Fsp3) is 0.480. The van der Waals surface area contributed by atoms with Crippen molar-refractivity contribution >= 4 is 28.7 Å². The number of anilines is 1. The van der Waals surface area contributed by atoms with E-state index in [0.29, 0.717) is 39.1 Å². The van der Waals surface area contributed by atoms with Gasteiger partial charge in [0.25, 0.3) is 0 Å². The van der Waals surface area contributed by atoms with Gasteiger partial charge in [-0.3, -0.25) is 19.2 Å². The largest absolute Gasteiger partial charge is 0.352 e. The van der Waals surface area contributed by atoms with Crippen molar-refractivity contribution in [3.8, 4) is 0 Å². The van der Waals surface area contributed by atoms with E-state index in [1.54, 1.807) is 17.2 Å². The van der Waals surface area contributed by atoms with Crippen molar-refractivity contribution in [1.29, 1.82) is 0 Å². The molecule has 2 fully saturated rings. The molecule has 2 amide bonds. The first kappa shape index (κ1) is 23.2. The number of piperazine rings is 2. The van der Waals surface area contributed by atoms with Crippen molar-refractivity contribution < 1.29 is 9.59 Å². The molecule has 0 saturated carbocycles. The summed E-state index contributed by atoms with van der Waals surface area (Å²) in [6.45, 7) is 8.03. The first-order valence-corrected chi connectivity index (χ1v) is 12.2. The third-order valence-corrected chi connectivity index (χ3v) is 7.00. The van der Waals surface area contributed by atoms with Gasteiger partial charge in [0.15, 0.2) is 5.65 Å². The van der Waals surface area contributed by atoms with Gasteiger partial charge in [-0.15, -0.1) is 0 Å². The van der Waals surface area contributed by atoms with Crippen molar-refractivity contribution in [2.45, 2.75) is 13.3 Å². The number of hydrogen-bond donors (Lipinski definition) is 0. The van der Waals surface area contributed by atoms with E-state index in [-0.39, 0.29) is 11.8 Å². The molecule has 3 aromatic rings. The van der Waals surface area contributed by atoms with Crippen molar-refractivity contribution in [3.63, 3.8) is 0 Å². The highest BCUT2D eigenvalue weighted by Gasteiger charge is 2.27. The Hall–Kier alpha value is -3.53. The predicted octanol–water partition coefficient (Wildman–Crippen LogP) is 0.707. The van der Waals surface area contributed by atoms with E-state index >= 15 is 0 Å². The monoisotopic (exact) mass is 476 g/mol. The van der Waals surface area contributed by atoms with Gasteiger partial charge in [0.1, 0.15) is 12.1 Å². The summed E-state index contributed by atoms with van der Waals surface area (Å²) in [5.74, 6) is 1.18. The Balaban J connectivity index is 1.08. The number of fused-ring (bicyclic) bond motifs is 1. The maximum Gasteiger partial charge on any atom is 0.236 e. The molecule has 35 heavy (non-hydrogen) atoms. The molecule has 5 rings (SSSR count). The van der Waals surface area contributed by atoms with Crippen molar-refractivity contribution in [3.05, 3.63) is 47.9 Å². The fourth-order valence-electron chi connectivity index (χ4n) is 4.81. The molecule has 4 heterocycles. The molecule has 0 bridgehead atoms. The molecular weight excluding hydrogens is 444 g/mol. The minimum Gasteiger partial charge on any atom is -0.352 e. The highest BCUT2D eigenvalue weighted by Crippen LogP contribution is 2.23. The van der Waals surface area contributed by atoms with Gasteiger partial charge in [0.05, 0.1) is 24.5 Å². The predicted molar refractivity (Wildman–Crippen MR) is 133 cm³/mol. The third kappa shape index (κ3) is 5.12. The summed E-state index contributed by atoms with van der Waals surface area (Å²) in [5, 5.41) is 5.23. The van der Waals surface area contributed by atoms with Crippen molar-refractivity contribution in [1.82, 2.24) is 34.4 Å². The lowest BCUT2D eigenvalue weighted by atomic mass is 10.1. The van der Waals surface area contributed by atoms with E-state index in [1.165, 1.54) is 5.56 Å². The number of hydrogen-bond acceptors (Lipinski definition) is 7. The summed E-state index contributed by atoms with van der Waals surface area (Å²) < 4.78 is 1.75. The van der Waals surface area contributed by atoms with Crippen molar-refractivity contribution in [2.75, 3.05) is 63.8 Å². The first-order valence-electron chi connectivity index (χ1n) is 12.2. The van der Waals surface area contributed by atoms with Gasteiger partial charge in [0.2, 0.25) is 11.8 Å². The van der Waals surface area contributed by atoms with Crippen LogP contribution >= 0.6 is 0 Å². The second-order valence-electron chi connectivity index (χ2n) is 9.39. The SMILES string of the molecule is Cc1ccc(CC(=O)N2CCN(CC(=O)N3CCN(c4ncnc5c4cnn5C)CC3)CC2)cc1. The minimum absolute atomic E-state index is 0.151. The van der Waals surface area contributed by atoms with Gasteiger partial charge in [-0.25, -0.2) is 9.97 Å². The molecule has 2 saturated heterocycles. The van der Waals surface area contributed by atoms with Crippen LogP contribution in [0.3, 0.4) is 0 Å². The van der Waals surface area contributed by atoms with Crippen LogP contribution in [0.1, 0.15) is 11.1 Å². The number of aromatic nitrogens is 4. The van der Waals surface area contributed by atoms with E-state index in [2.05, 4.69) is 24.9 Å². The second kappa shape index (κ2) is 9.99. The zero-order valence-electron chi connectivity index (χ0n) is 20.4. The minimum atomic E-state index is 0.151. The van der Waals surface area contributed by atoms with E-state index in [9.17, 15) is 9.59 Å². The van der Waals surface area contributed by atoms with E-state index < -0.39 is 0 Å². The Kier molecular flexibility index (Phi) is 6.63. The molecule has 1 aromatic carbocycles. The summed E-state index contributed by atoms with van der Waals surface area (Å²) >= 11 is 0. The molecule has 10 heteroatoms. The Morgan fingerprint density at radius 2 is 1.51 bits per heavy atom. The number of carbonyl (C=O) groups is 2. The van der Waals surface area contributed by atoms with Gasteiger partial charge in [-0.2, -0.15) is 5.10 Å². The van der Waals surface area contributed by atoms with Crippen LogP contribution in [-0.4, -0.2) is 105 Å². The lowest BCUT2D eigenvalue weighted by Gasteiger charge is -2.38. The molecule has 0 spiro atoms. The van der Waals surface area contributed by atoms with Gasteiger partial charge < -0.3 is 14.7 Å². The van der Waals surface area contributed by atoms with Gasteiger partial charge in [-0.05, 0) is 12.5 Å². The lowest BCUT2D eigenvalue weighted by molar-refractivity contribution is -0.135. The molecule has 0 unspecified atom stereocenters. The molecule has 2 aromatic heterocycles. The Labute approximate surface area is 205 Å². The van der Waals surface area contributed by atoms with Crippen LogP contribution in [-0.2, 0) is 23.1 Å². The molecule has 0 radical (unpaired) electrons. The average molecular weight is 477 g/mol. The zero-order valence-corrected chi connectivity index (χ0v) is 20.4. The van der Waals surface area contributed by atoms with Crippen LogP contribution in [0.4, 0.5) is 5.82 Å². The molecular formula is C25H32N8O2. The highest BCUT2D eigenvalue weighted by molar-refractivity contribution is 5.87. The number of rotatable bonds is 5. The Morgan fingerprint density at radius 1 is 0.857 bits per heavy atom. The molecule has 2 aliphatic rings. The molecule has 10 nitrogen and oxygen atoms in total. The fourth-order valence-corrected chi connectivity index (χ4v) is 4.81. The Morgan fingerprint density at radius 3 is 2.23 bits per heavy atom. The van der Waals surface area contributed by atoms with Crippen LogP contribution in [0.5, 0.6) is 0 Å². The molecule has 0 aliphatic carbocycles. The first-order chi connectivity index (χ1) is 17.0. The quantitative estimate of drug-likeness (QED) is 0.536. The standard InChI is InChI=1S/C25H32N8O2/c1-19-3-5-20(6-4-19)15-22(34)31-9-7-30(8-10-31)17-23(35)32-11-13-33(14-12-32)25-21-16-28-29(2)24(21)26-18-27-25/h3-6,16,18H,7-15,17H2,1-2H3. The normalized spacial score (nSPS) is 17.3. The maximum absolute atomic E-state index is 13.0. The summed E-state index contributed by atoms with van der Waals surface area (Å²) in [6.07, 6.45) is 3.80. The highest BCUT2D eigenvalue weighted by atomic mass is 16.2. The smallest absolute Gasteiger partial charge is 0.236 e. The third-order valence-electron chi connectivity index (χ3n) is 7.00. The molecule has 184 valence electrons. The van der Waals surface area contributed by atoms with Gasteiger partial charge in [-0.1, -0.05) is 29.8 Å². The van der Waals surface area contributed by atoms with Crippen molar-refractivity contribution in [2.24, 2.45) is 7.05 Å². The van der Waals surface area contributed by atoms with Crippen LogP contribution in [0.15, 0.2) is 36.8 Å². The summed E-state index contributed by atoms with van der Waals surface area (Å²) in [7, 11) is 1.87. The van der Waals surface area contributed by atoms with Gasteiger partial charge >= 0.3 is 0 Å². The average Bonchev–Trinajstić information content (AvgIpc) is 3.27. The number of nitrogens with zero attached hydrogens (tertiary/aromatic N) is 8. The van der Waals surface area contributed by atoms with Crippen LogP contribution in [0.25, 0.3) is 11.0 Å². The van der Waals surface area contributed by atoms with Crippen LogP contribution in [0.2, 0.25) is 0 Å². The number of aryl methyl sites for hydroxylation is 2. The number of amides is 2. The summed E-state index contributed by atoms with van der Waals surface area (Å²) in [4.78, 5) is 42.6. The molecule has 0 N–H and O–H groups in total. The maximum atomic E-state index is 13.0. The second-order valence-corrected chi connectivity index (χ2v) is 9.39. The summed E-state index contributed by atoms with van der Waals surface area (Å²) in [5.41, 5.74) is 3.05. The molecule has 2 aliphatic heterocycles. The van der Waals surface area contributed by atoms with E-state index in [1.807, 2.05) is 48.0 Å². The van der Waals surface area contributed by atoms with E-state index in [4.69, 9.17) is 0 Å². The van der Waals surface area contributed by atoms with Gasteiger partial charge in [0, 0.05) is 59.4 Å². The van der Waals surface area contributed by atoms with Crippen LogP contribution < -0.4 is 4.90 Å².